The van der Waals surface area contributed by atoms with Gasteiger partial charge in [0.2, 0.25) is 5.91 Å². The smallest absolute Gasteiger partial charge is 0.410 e. The Hall–Kier alpha value is -3.92. The average molecular weight is 656 g/mol. The van der Waals surface area contributed by atoms with Crippen LogP contribution in [0.15, 0.2) is 72.3 Å². The van der Waals surface area contributed by atoms with Crippen molar-refractivity contribution in [2.24, 2.45) is 5.92 Å². The van der Waals surface area contributed by atoms with Crippen molar-refractivity contribution in [3.8, 4) is 11.1 Å². The lowest BCUT2D eigenvalue weighted by molar-refractivity contribution is -0.139. The number of piperidine rings is 1. The second-order valence-electron chi connectivity index (χ2n) is 13.6. The zero-order valence-corrected chi connectivity index (χ0v) is 28.5. The number of likely N-dealkylation sites (tertiary alicyclic amines) is 1. The second kappa shape index (κ2) is 14.1. The van der Waals surface area contributed by atoms with E-state index in [1.54, 1.807) is 23.3 Å². The minimum atomic E-state index is -0.623. The Morgan fingerprint density at radius 2 is 1.87 bits per heavy atom. The van der Waals surface area contributed by atoms with Gasteiger partial charge in [0.25, 0.3) is 0 Å². The molecule has 1 N–H and O–H groups in total. The number of methoxy groups -OCH3 is 1. The molecule has 8 nitrogen and oxygen atoms in total. The maximum Gasteiger partial charge on any atom is 0.410 e. The van der Waals surface area contributed by atoms with Crippen molar-refractivity contribution in [1.29, 1.82) is 0 Å². The van der Waals surface area contributed by atoms with E-state index in [-0.39, 0.29) is 30.6 Å². The molecule has 0 spiro atoms. The summed E-state index contributed by atoms with van der Waals surface area (Å²) in [5, 5.41) is 12.8. The Balaban J connectivity index is 1.33. The van der Waals surface area contributed by atoms with Crippen LogP contribution in [0.2, 0.25) is 0 Å². The SMILES string of the molecule is COC/C=C/n1cc(CN(C(=O)[C@H]2CN(C(=O)OC(C)(C)C)CC[C@@H]2c2cccc(-c3csc(CO)c3)c2)C2CC2)c2ccccc21. The minimum absolute atomic E-state index is 0.0170. The molecule has 0 radical (unpaired) electrons. The third-order valence-corrected chi connectivity index (χ3v) is 9.92. The highest BCUT2D eigenvalue weighted by atomic mass is 32.1. The van der Waals surface area contributed by atoms with Crippen LogP contribution < -0.4 is 0 Å². The number of benzene rings is 2. The van der Waals surface area contributed by atoms with E-state index in [4.69, 9.17) is 9.47 Å². The molecule has 0 unspecified atom stereocenters. The number of aliphatic hydroxyl groups is 1. The third-order valence-electron chi connectivity index (χ3n) is 9.00. The predicted octanol–water partition coefficient (Wildman–Crippen LogP) is 7.51. The van der Waals surface area contributed by atoms with E-state index in [9.17, 15) is 14.7 Å². The van der Waals surface area contributed by atoms with Crippen molar-refractivity contribution in [1.82, 2.24) is 14.4 Å². The number of aromatic nitrogens is 1. The molecular weight excluding hydrogens is 611 g/mol. The Morgan fingerprint density at radius 3 is 2.60 bits per heavy atom. The van der Waals surface area contributed by atoms with Crippen LogP contribution >= 0.6 is 11.3 Å². The van der Waals surface area contributed by atoms with Crippen molar-refractivity contribution < 1.29 is 24.2 Å². The number of carbonyl (C=O) groups is 2. The first kappa shape index (κ1) is 33.0. The molecule has 0 bridgehead atoms. The van der Waals surface area contributed by atoms with E-state index in [1.807, 2.05) is 57.3 Å². The molecule has 47 heavy (non-hydrogen) atoms. The van der Waals surface area contributed by atoms with Crippen LogP contribution in [0.1, 0.15) is 62.0 Å². The van der Waals surface area contributed by atoms with Gasteiger partial charge in [-0.2, -0.15) is 0 Å². The first-order chi connectivity index (χ1) is 22.6. The van der Waals surface area contributed by atoms with Crippen LogP contribution in [-0.4, -0.2) is 69.9 Å². The van der Waals surface area contributed by atoms with Gasteiger partial charge in [-0.1, -0.05) is 42.5 Å². The summed E-state index contributed by atoms with van der Waals surface area (Å²) in [6.45, 7) is 7.47. The van der Waals surface area contributed by atoms with E-state index in [1.165, 1.54) is 0 Å². The number of carbonyl (C=O) groups excluding carboxylic acids is 2. The molecule has 6 rings (SSSR count). The van der Waals surface area contributed by atoms with Crippen molar-refractivity contribution in [3.05, 3.63) is 88.3 Å². The van der Waals surface area contributed by atoms with E-state index in [2.05, 4.69) is 51.4 Å². The van der Waals surface area contributed by atoms with Crippen LogP contribution in [0.4, 0.5) is 4.79 Å². The van der Waals surface area contributed by atoms with E-state index in [0.29, 0.717) is 32.7 Å². The van der Waals surface area contributed by atoms with Gasteiger partial charge in [-0.25, -0.2) is 4.79 Å². The van der Waals surface area contributed by atoms with Gasteiger partial charge in [0, 0.05) is 55.4 Å². The molecule has 248 valence electrons. The highest BCUT2D eigenvalue weighted by Gasteiger charge is 2.43. The van der Waals surface area contributed by atoms with Crippen molar-refractivity contribution in [2.75, 3.05) is 26.8 Å². The summed E-state index contributed by atoms with van der Waals surface area (Å²) in [4.78, 5) is 32.9. The Labute approximate surface area is 281 Å². The topological polar surface area (TPSA) is 84.2 Å². The standard InChI is InChI=1S/C38H45N3O5S/c1-38(2,3)46-37(44)40-17-15-32(27-10-7-9-26(19-27)28-20-31(24-42)47-25-28)34(23-40)36(43)41(30-13-14-30)22-29-21-39(16-8-18-45-4)35-12-6-5-11-33(29)35/h5-12,16,19-21,25,30,32,34,42H,13-15,17-18,22-24H2,1-4H3/b16-8+/t32-,34+/m1/s1. The highest BCUT2D eigenvalue weighted by molar-refractivity contribution is 7.10. The first-order valence-corrected chi connectivity index (χ1v) is 17.3. The van der Waals surface area contributed by atoms with Crippen LogP contribution in [0.5, 0.6) is 0 Å². The quantitative estimate of drug-likeness (QED) is 0.191. The van der Waals surface area contributed by atoms with Gasteiger partial charge >= 0.3 is 6.09 Å². The van der Waals surface area contributed by atoms with Gasteiger partial charge in [-0.05, 0) is 91.8 Å². The molecule has 4 aromatic rings. The number of hydrogen-bond donors (Lipinski definition) is 1. The second-order valence-corrected chi connectivity index (χ2v) is 14.6. The number of nitrogens with zero attached hydrogens (tertiary/aromatic N) is 3. The molecule has 1 saturated heterocycles. The van der Waals surface area contributed by atoms with E-state index in [0.717, 1.165) is 50.9 Å². The van der Waals surface area contributed by atoms with Crippen LogP contribution in [-0.2, 0) is 27.4 Å². The van der Waals surface area contributed by atoms with Crippen molar-refractivity contribution in [2.45, 2.75) is 70.7 Å². The molecule has 2 amide bonds. The van der Waals surface area contributed by atoms with Crippen LogP contribution in [0.25, 0.3) is 28.2 Å². The Bertz CT molecular complexity index is 1750. The number of para-hydroxylation sites is 1. The molecule has 2 aromatic heterocycles. The minimum Gasteiger partial charge on any atom is -0.444 e. The van der Waals surface area contributed by atoms with Crippen LogP contribution in [0.3, 0.4) is 0 Å². The zero-order valence-electron chi connectivity index (χ0n) is 27.7. The van der Waals surface area contributed by atoms with Gasteiger partial charge in [0.1, 0.15) is 5.60 Å². The molecule has 2 atom stereocenters. The summed E-state index contributed by atoms with van der Waals surface area (Å²) in [6.07, 6.45) is 8.35. The molecule has 2 aliphatic rings. The lowest BCUT2D eigenvalue weighted by atomic mass is 9.79. The summed E-state index contributed by atoms with van der Waals surface area (Å²) in [6, 6.07) is 18.9. The molecule has 1 aliphatic heterocycles. The number of fused-ring (bicyclic) bond motifs is 1. The number of ether oxygens (including phenoxy) is 2. The molecule has 3 heterocycles. The van der Waals surface area contributed by atoms with Crippen LogP contribution in [0, 0.1) is 5.92 Å². The van der Waals surface area contributed by atoms with Gasteiger partial charge in [0.15, 0.2) is 0 Å². The third kappa shape index (κ3) is 7.64. The van der Waals surface area contributed by atoms with Crippen molar-refractivity contribution in [3.63, 3.8) is 0 Å². The molecule has 2 fully saturated rings. The summed E-state index contributed by atoms with van der Waals surface area (Å²) in [7, 11) is 1.68. The fourth-order valence-electron chi connectivity index (χ4n) is 6.61. The van der Waals surface area contributed by atoms with Gasteiger partial charge in [-0.15, -0.1) is 11.3 Å². The monoisotopic (exact) mass is 655 g/mol. The molecule has 2 aromatic carbocycles. The number of aliphatic hydroxyl groups excluding tert-OH is 1. The fraction of sp³-hybridized carbons (Fsp3) is 0.421. The van der Waals surface area contributed by atoms with E-state index < -0.39 is 11.5 Å². The van der Waals surface area contributed by atoms with Gasteiger partial charge < -0.3 is 28.9 Å². The maximum absolute atomic E-state index is 14.9. The molecular formula is C38H45N3O5S. The van der Waals surface area contributed by atoms with E-state index >= 15 is 0 Å². The number of amides is 2. The number of thiophene rings is 1. The van der Waals surface area contributed by atoms with Crippen molar-refractivity contribution >= 4 is 40.4 Å². The predicted molar refractivity (Wildman–Crippen MR) is 187 cm³/mol. The first-order valence-electron chi connectivity index (χ1n) is 16.5. The summed E-state index contributed by atoms with van der Waals surface area (Å²) < 4.78 is 13.1. The molecule has 1 saturated carbocycles. The zero-order chi connectivity index (χ0) is 33.1. The normalized spacial score (nSPS) is 18.6. The summed E-state index contributed by atoms with van der Waals surface area (Å²) in [5.74, 6) is -0.393. The molecule has 1 aliphatic carbocycles. The number of hydrogen-bond acceptors (Lipinski definition) is 6. The molecule has 9 heteroatoms. The van der Waals surface area contributed by atoms with Gasteiger partial charge in [0.05, 0.1) is 24.6 Å². The highest BCUT2D eigenvalue weighted by Crippen LogP contribution is 2.40. The number of rotatable bonds is 10. The fourth-order valence-corrected chi connectivity index (χ4v) is 7.36. The lowest BCUT2D eigenvalue weighted by Gasteiger charge is -2.40. The summed E-state index contributed by atoms with van der Waals surface area (Å²) >= 11 is 1.54. The maximum atomic E-state index is 14.9. The largest absolute Gasteiger partial charge is 0.444 e. The Kier molecular flexibility index (Phi) is 9.87. The Morgan fingerprint density at radius 1 is 1.06 bits per heavy atom. The summed E-state index contributed by atoms with van der Waals surface area (Å²) in [5.41, 5.74) is 4.77. The van der Waals surface area contributed by atoms with Gasteiger partial charge in [-0.3, -0.25) is 4.79 Å². The lowest BCUT2D eigenvalue weighted by Crippen LogP contribution is -2.51. The average Bonchev–Trinajstić information content (AvgIpc) is 3.68.